The van der Waals surface area contributed by atoms with Gasteiger partial charge in [-0.2, -0.15) is 0 Å². The molecule has 0 atom stereocenters. The number of benzene rings is 1. The van der Waals surface area contributed by atoms with Gasteiger partial charge in [0.05, 0.1) is 12.7 Å². The molecule has 0 saturated carbocycles. The first-order valence-electron chi connectivity index (χ1n) is 6.31. The summed E-state index contributed by atoms with van der Waals surface area (Å²) >= 11 is 7.28. The van der Waals surface area contributed by atoms with Crippen LogP contribution in [0.15, 0.2) is 55.0 Å². The predicted molar refractivity (Wildman–Crippen MR) is 85.2 cm³/mol. The summed E-state index contributed by atoms with van der Waals surface area (Å²) in [6.07, 6.45) is 5.17. The van der Waals surface area contributed by atoms with Crippen molar-refractivity contribution < 1.29 is 4.74 Å². The smallest absolute Gasteiger partial charge is 0.183 e. The van der Waals surface area contributed by atoms with Crippen molar-refractivity contribution in [3.05, 3.63) is 64.3 Å². The molecule has 2 aromatic heterocycles. The van der Waals surface area contributed by atoms with Crippen LogP contribution in [0.1, 0.15) is 4.88 Å². The minimum Gasteiger partial charge on any atom is -0.456 e. The van der Waals surface area contributed by atoms with Crippen molar-refractivity contribution in [3.8, 4) is 11.5 Å². The van der Waals surface area contributed by atoms with Crippen molar-refractivity contribution >= 4 is 28.6 Å². The molecule has 0 unspecified atom stereocenters. The average molecular weight is 318 g/mol. The Morgan fingerprint density at radius 3 is 2.81 bits per heavy atom. The van der Waals surface area contributed by atoms with Crippen LogP contribution in [0.2, 0.25) is 4.47 Å². The van der Waals surface area contributed by atoms with Crippen LogP contribution in [0, 0.1) is 0 Å². The Morgan fingerprint density at radius 2 is 2.05 bits per heavy atom. The van der Waals surface area contributed by atoms with E-state index in [2.05, 4.69) is 15.3 Å². The average Bonchev–Trinajstić information content (AvgIpc) is 2.92. The first-order chi connectivity index (χ1) is 10.3. The third-order valence-electron chi connectivity index (χ3n) is 2.70. The zero-order chi connectivity index (χ0) is 14.5. The van der Waals surface area contributed by atoms with Crippen LogP contribution < -0.4 is 10.1 Å². The topological polar surface area (TPSA) is 47.0 Å². The number of hydrogen-bond acceptors (Lipinski definition) is 5. The van der Waals surface area contributed by atoms with Crippen molar-refractivity contribution in [2.45, 2.75) is 6.54 Å². The molecular formula is C15H12ClN3OS. The van der Waals surface area contributed by atoms with Gasteiger partial charge in [-0.05, 0) is 24.3 Å². The highest BCUT2D eigenvalue weighted by atomic mass is 35.5. The van der Waals surface area contributed by atoms with Crippen molar-refractivity contribution in [2.75, 3.05) is 5.32 Å². The molecule has 0 bridgehead atoms. The van der Waals surface area contributed by atoms with Gasteiger partial charge in [-0.15, -0.1) is 11.3 Å². The van der Waals surface area contributed by atoms with Crippen LogP contribution in [-0.4, -0.2) is 9.97 Å². The highest BCUT2D eigenvalue weighted by molar-refractivity contribution is 7.15. The lowest BCUT2D eigenvalue weighted by Gasteiger charge is -2.08. The van der Waals surface area contributed by atoms with E-state index in [1.165, 1.54) is 11.3 Å². The van der Waals surface area contributed by atoms with Gasteiger partial charge in [-0.1, -0.05) is 17.7 Å². The SMILES string of the molecule is Clc1ncc(CNc2cccc(Oc3cccnc3)c2)s1. The van der Waals surface area contributed by atoms with Gasteiger partial charge >= 0.3 is 0 Å². The van der Waals surface area contributed by atoms with Crippen molar-refractivity contribution in [1.29, 1.82) is 0 Å². The zero-order valence-electron chi connectivity index (χ0n) is 11.0. The molecule has 6 heteroatoms. The van der Waals surface area contributed by atoms with Crippen LogP contribution in [0.5, 0.6) is 11.5 Å². The van der Waals surface area contributed by atoms with E-state index in [-0.39, 0.29) is 0 Å². The maximum absolute atomic E-state index is 5.81. The van der Waals surface area contributed by atoms with Crippen LogP contribution in [-0.2, 0) is 6.54 Å². The summed E-state index contributed by atoms with van der Waals surface area (Å²) in [6, 6.07) is 11.5. The van der Waals surface area contributed by atoms with Crippen molar-refractivity contribution in [1.82, 2.24) is 9.97 Å². The van der Waals surface area contributed by atoms with Gasteiger partial charge in [-0.3, -0.25) is 4.98 Å². The summed E-state index contributed by atoms with van der Waals surface area (Å²) in [5.74, 6) is 1.47. The number of halogens is 1. The monoisotopic (exact) mass is 317 g/mol. The number of aromatic nitrogens is 2. The molecule has 4 nitrogen and oxygen atoms in total. The second kappa shape index (κ2) is 6.56. The molecule has 0 fully saturated rings. The second-order valence-electron chi connectivity index (χ2n) is 4.25. The fourth-order valence-corrected chi connectivity index (χ4v) is 2.69. The van der Waals surface area contributed by atoms with Crippen LogP contribution in [0.25, 0.3) is 0 Å². The molecule has 2 heterocycles. The molecule has 3 aromatic rings. The predicted octanol–water partition coefficient (Wildman–Crippen LogP) is 4.60. The molecular weight excluding hydrogens is 306 g/mol. The van der Waals surface area contributed by atoms with E-state index in [0.717, 1.165) is 16.3 Å². The van der Waals surface area contributed by atoms with Crippen LogP contribution in [0.3, 0.4) is 0 Å². The molecule has 0 amide bonds. The molecule has 1 aromatic carbocycles. The van der Waals surface area contributed by atoms with Gasteiger partial charge in [0.1, 0.15) is 11.5 Å². The molecule has 0 spiro atoms. The van der Waals surface area contributed by atoms with E-state index in [0.29, 0.717) is 16.8 Å². The fourth-order valence-electron chi connectivity index (χ4n) is 1.77. The van der Waals surface area contributed by atoms with E-state index in [1.54, 1.807) is 18.6 Å². The van der Waals surface area contributed by atoms with Crippen molar-refractivity contribution in [3.63, 3.8) is 0 Å². The number of nitrogens with zero attached hydrogens (tertiary/aromatic N) is 2. The zero-order valence-corrected chi connectivity index (χ0v) is 12.6. The lowest BCUT2D eigenvalue weighted by molar-refractivity contribution is 0.480. The normalized spacial score (nSPS) is 10.3. The van der Waals surface area contributed by atoms with Gasteiger partial charge < -0.3 is 10.1 Å². The summed E-state index contributed by atoms with van der Waals surface area (Å²) in [5, 5.41) is 3.32. The summed E-state index contributed by atoms with van der Waals surface area (Å²) in [6.45, 7) is 0.681. The minimum absolute atomic E-state index is 0.556. The Bertz CT molecular complexity index is 718. The molecule has 3 rings (SSSR count). The quantitative estimate of drug-likeness (QED) is 0.747. The Hall–Kier alpha value is -2.11. The van der Waals surface area contributed by atoms with Gasteiger partial charge in [0, 0.05) is 29.0 Å². The van der Waals surface area contributed by atoms with Crippen LogP contribution >= 0.6 is 22.9 Å². The Balaban J connectivity index is 1.65. The number of hydrogen-bond donors (Lipinski definition) is 1. The third-order valence-corrected chi connectivity index (χ3v) is 3.81. The highest BCUT2D eigenvalue weighted by Crippen LogP contribution is 2.24. The van der Waals surface area contributed by atoms with Gasteiger partial charge in [0.15, 0.2) is 4.47 Å². The molecule has 0 aliphatic heterocycles. The van der Waals surface area contributed by atoms with Crippen LogP contribution in [0.4, 0.5) is 5.69 Å². The van der Waals surface area contributed by atoms with E-state index < -0.39 is 0 Å². The maximum atomic E-state index is 5.81. The molecule has 21 heavy (non-hydrogen) atoms. The molecule has 0 aliphatic carbocycles. The first-order valence-corrected chi connectivity index (χ1v) is 7.51. The lowest BCUT2D eigenvalue weighted by Crippen LogP contribution is -1.97. The number of rotatable bonds is 5. The Morgan fingerprint density at radius 1 is 1.14 bits per heavy atom. The second-order valence-corrected chi connectivity index (χ2v) is 5.95. The summed E-state index contributed by atoms with van der Waals surface area (Å²) in [7, 11) is 0. The van der Waals surface area contributed by atoms with Crippen molar-refractivity contribution in [2.24, 2.45) is 0 Å². The van der Waals surface area contributed by atoms with Gasteiger partial charge in [0.25, 0.3) is 0 Å². The molecule has 0 saturated heterocycles. The molecule has 0 aliphatic rings. The summed E-state index contributed by atoms with van der Waals surface area (Å²) < 4.78 is 6.30. The molecule has 106 valence electrons. The van der Waals surface area contributed by atoms with Gasteiger partial charge in [0.2, 0.25) is 0 Å². The standard InChI is InChI=1S/C15H12ClN3OS/c16-15-19-10-14(21-15)9-18-11-3-1-4-12(7-11)20-13-5-2-6-17-8-13/h1-8,10,18H,9H2. The third kappa shape index (κ3) is 3.93. The lowest BCUT2D eigenvalue weighted by atomic mass is 10.3. The number of ether oxygens (including phenoxy) is 1. The minimum atomic E-state index is 0.556. The Labute approximate surface area is 131 Å². The first kappa shape index (κ1) is 13.9. The fraction of sp³-hybridized carbons (Fsp3) is 0.0667. The number of anilines is 1. The molecule has 0 radical (unpaired) electrons. The Kier molecular flexibility index (Phi) is 4.33. The summed E-state index contributed by atoms with van der Waals surface area (Å²) in [4.78, 5) is 9.12. The highest BCUT2D eigenvalue weighted by Gasteiger charge is 2.01. The van der Waals surface area contributed by atoms with E-state index in [1.807, 2.05) is 36.4 Å². The maximum Gasteiger partial charge on any atom is 0.183 e. The largest absolute Gasteiger partial charge is 0.456 e. The summed E-state index contributed by atoms with van der Waals surface area (Å²) in [5.41, 5.74) is 0.973. The number of pyridine rings is 1. The van der Waals surface area contributed by atoms with E-state index in [9.17, 15) is 0 Å². The molecule has 1 N–H and O–H groups in total. The van der Waals surface area contributed by atoms with Gasteiger partial charge in [-0.25, -0.2) is 4.98 Å². The number of thiazole rings is 1. The van der Waals surface area contributed by atoms with E-state index >= 15 is 0 Å². The van der Waals surface area contributed by atoms with E-state index in [4.69, 9.17) is 16.3 Å². The number of nitrogens with one attached hydrogen (secondary N) is 1.